The van der Waals surface area contributed by atoms with Gasteiger partial charge in [0.25, 0.3) is 0 Å². The molecule has 1 atom stereocenters. The minimum atomic E-state index is -4.47. The van der Waals surface area contributed by atoms with E-state index < -0.39 is 17.9 Å². The zero-order valence-corrected chi connectivity index (χ0v) is 19.8. The monoisotopic (exact) mass is 487 g/mol. The highest BCUT2D eigenvalue weighted by atomic mass is 19.4. The van der Waals surface area contributed by atoms with Crippen molar-refractivity contribution in [2.24, 2.45) is 0 Å². The molecule has 0 bridgehead atoms. The number of nitrogens with zero attached hydrogens (tertiary/aromatic N) is 2. The van der Waals surface area contributed by atoms with E-state index in [1.165, 1.54) is 19.4 Å². The van der Waals surface area contributed by atoms with Crippen LogP contribution in [-0.4, -0.2) is 38.7 Å². The van der Waals surface area contributed by atoms with Gasteiger partial charge in [0.2, 0.25) is 5.91 Å². The molecule has 1 unspecified atom stereocenters. The van der Waals surface area contributed by atoms with Crippen molar-refractivity contribution in [2.45, 2.75) is 25.1 Å². The fraction of sp³-hybridized carbons (Fsp3) is 0.308. The molecule has 1 aromatic heterocycles. The van der Waals surface area contributed by atoms with E-state index in [0.29, 0.717) is 36.4 Å². The number of benzene rings is 2. The molecule has 0 saturated heterocycles. The summed E-state index contributed by atoms with van der Waals surface area (Å²) in [5, 5.41) is 2.74. The summed E-state index contributed by atoms with van der Waals surface area (Å²) in [6.07, 6.45) is -2.16. The lowest BCUT2D eigenvalue weighted by molar-refractivity contribution is -0.141. The highest BCUT2D eigenvalue weighted by Gasteiger charge is 2.32. The number of alkyl halides is 3. The number of hydrogen-bond acceptors (Lipinski definition) is 5. The number of nitrogens with one attached hydrogen (secondary N) is 1. The number of likely N-dealkylation sites (N-methyl/N-ethyl adjacent to an activating group) is 1. The van der Waals surface area contributed by atoms with Crippen molar-refractivity contribution in [3.8, 4) is 11.5 Å². The number of aromatic nitrogens is 1. The molecule has 0 aliphatic carbocycles. The Hall–Kier alpha value is -3.75. The first-order valence-corrected chi connectivity index (χ1v) is 11.1. The third-order valence-electron chi connectivity index (χ3n) is 5.60. The van der Waals surface area contributed by atoms with Crippen molar-refractivity contribution in [1.29, 1.82) is 0 Å². The number of aryl methyl sites for hydroxylation is 1. The van der Waals surface area contributed by atoms with Crippen molar-refractivity contribution >= 4 is 11.6 Å². The molecule has 3 aromatic rings. The first kappa shape index (κ1) is 25.9. The van der Waals surface area contributed by atoms with Gasteiger partial charge in [-0.3, -0.25) is 9.78 Å². The maximum absolute atomic E-state index is 13.0. The van der Waals surface area contributed by atoms with E-state index in [-0.39, 0.29) is 5.91 Å². The van der Waals surface area contributed by atoms with Crippen LogP contribution < -0.4 is 19.7 Å². The van der Waals surface area contributed by atoms with Crippen LogP contribution in [0.2, 0.25) is 0 Å². The van der Waals surface area contributed by atoms with Gasteiger partial charge in [-0.25, -0.2) is 0 Å². The SMILES string of the molecule is CNC(=O)C(c1ccccc1)N(CCCc1ccc(C(F)(F)F)nc1)c1ccc(OC)c(OC)c1. The smallest absolute Gasteiger partial charge is 0.433 e. The average Bonchev–Trinajstić information content (AvgIpc) is 2.87. The lowest BCUT2D eigenvalue weighted by atomic mass is 10.0. The molecule has 186 valence electrons. The number of hydrogen-bond donors (Lipinski definition) is 1. The van der Waals surface area contributed by atoms with Gasteiger partial charge in [0.15, 0.2) is 11.5 Å². The topological polar surface area (TPSA) is 63.7 Å². The number of ether oxygens (including phenoxy) is 2. The third kappa shape index (κ3) is 6.44. The second-order valence-corrected chi connectivity index (χ2v) is 7.81. The summed E-state index contributed by atoms with van der Waals surface area (Å²) in [7, 11) is 4.67. The summed E-state index contributed by atoms with van der Waals surface area (Å²) in [5.74, 6) is 0.885. The Morgan fingerprint density at radius 2 is 1.74 bits per heavy atom. The largest absolute Gasteiger partial charge is 0.493 e. The Labute approximate surface area is 202 Å². The number of carbonyl (C=O) groups is 1. The van der Waals surface area contributed by atoms with Crippen LogP contribution in [0.4, 0.5) is 18.9 Å². The predicted octanol–water partition coefficient (Wildman–Crippen LogP) is 5.04. The van der Waals surface area contributed by atoms with Gasteiger partial charge in [-0.15, -0.1) is 0 Å². The maximum atomic E-state index is 13.0. The molecule has 1 N–H and O–H groups in total. The first-order chi connectivity index (χ1) is 16.8. The summed E-state index contributed by atoms with van der Waals surface area (Å²) in [6.45, 7) is 0.448. The lowest BCUT2D eigenvalue weighted by Gasteiger charge is -2.33. The van der Waals surface area contributed by atoms with Crippen molar-refractivity contribution in [2.75, 3.05) is 32.7 Å². The van der Waals surface area contributed by atoms with Gasteiger partial charge in [0, 0.05) is 31.5 Å². The Balaban J connectivity index is 1.91. The van der Waals surface area contributed by atoms with Gasteiger partial charge >= 0.3 is 6.18 Å². The van der Waals surface area contributed by atoms with Gasteiger partial charge in [-0.05, 0) is 42.2 Å². The summed E-state index contributed by atoms with van der Waals surface area (Å²) in [4.78, 5) is 18.5. The molecule has 0 saturated carbocycles. The molecule has 3 rings (SSSR count). The van der Waals surface area contributed by atoms with E-state index in [1.807, 2.05) is 41.3 Å². The number of carbonyl (C=O) groups excluding carboxylic acids is 1. The van der Waals surface area contributed by atoms with E-state index in [0.717, 1.165) is 17.3 Å². The Morgan fingerprint density at radius 1 is 1.03 bits per heavy atom. The van der Waals surface area contributed by atoms with Gasteiger partial charge in [-0.2, -0.15) is 13.2 Å². The highest BCUT2D eigenvalue weighted by molar-refractivity contribution is 5.86. The van der Waals surface area contributed by atoms with Crippen LogP contribution in [0, 0.1) is 0 Å². The van der Waals surface area contributed by atoms with Crippen molar-refractivity contribution in [3.63, 3.8) is 0 Å². The number of methoxy groups -OCH3 is 2. The minimum absolute atomic E-state index is 0.192. The standard InChI is InChI=1S/C26H28F3N3O3/c1-30-25(33)24(19-9-5-4-6-10-19)32(20-12-13-21(34-2)22(16-20)35-3)15-7-8-18-11-14-23(31-17-18)26(27,28)29/h4-6,9-14,16-17,24H,7-8,15H2,1-3H3,(H,30,33). The predicted molar refractivity (Wildman–Crippen MR) is 128 cm³/mol. The van der Waals surface area contributed by atoms with E-state index in [2.05, 4.69) is 10.3 Å². The van der Waals surface area contributed by atoms with Gasteiger partial charge in [0.1, 0.15) is 11.7 Å². The molecule has 9 heteroatoms. The van der Waals surface area contributed by atoms with Gasteiger partial charge in [-0.1, -0.05) is 36.4 Å². The molecule has 6 nitrogen and oxygen atoms in total. The highest BCUT2D eigenvalue weighted by Crippen LogP contribution is 2.35. The van der Waals surface area contributed by atoms with Crippen molar-refractivity contribution < 1.29 is 27.4 Å². The molecule has 0 aliphatic heterocycles. The molecule has 1 amide bonds. The van der Waals surface area contributed by atoms with Gasteiger partial charge in [0.05, 0.1) is 14.2 Å². The normalized spacial score (nSPS) is 12.1. The zero-order valence-electron chi connectivity index (χ0n) is 19.8. The molecule has 1 heterocycles. The number of pyridine rings is 1. The summed E-state index contributed by atoms with van der Waals surface area (Å²) in [6, 6.07) is 16.6. The van der Waals surface area contributed by atoms with E-state index >= 15 is 0 Å². The molecule has 0 spiro atoms. The van der Waals surface area contributed by atoms with Crippen molar-refractivity contribution in [3.05, 3.63) is 83.7 Å². The summed E-state index contributed by atoms with van der Waals surface area (Å²) < 4.78 is 49.2. The Kier molecular flexibility index (Phi) is 8.57. The fourth-order valence-corrected chi connectivity index (χ4v) is 3.85. The molecular weight excluding hydrogens is 459 g/mol. The zero-order chi connectivity index (χ0) is 25.4. The van der Waals surface area contributed by atoms with Crippen LogP contribution in [0.5, 0.6) is 11.5 Å². The second kappa shape index (κ2) is 11.6. The van der Waals surface area contributed by atoms with Crippen LogP contribution in [0.3, 0.4) is 0 Å². The van der Waals surface area contributed by atoms with Crippen LogP contribution >= 0.6 is 0 Å². The van der Waals surface area contributed by atoms with Crippen molar-refractivity contribution in [1.82, 2.24) is 10.3 Å². The molecule has 35 heavy (non-hydrogen) atoms. The third-order valence-corrected chi connectivity index (χ3v) is 5.60. The van der Waals surface area contributed by atoms with Crippen LogP contribution in [0.15, 0.2) is 66.9 Å². The summed E-state index contributed by atoms with van der Waals surface area (Å²) >= 11 is 0. The second-order valence-electron chi connectivity index (χ2n) is 7.81. The average molecular weight is 488 g/mol. The van der Waals surface area contributed by atoms with E-state index in [4.69, 9.17) is 9.47 Å². The number of rotatable bonds is 10. The molecular formula is C26H28F3N3O3. The van der Waals surface area contributed by atoms with E-state index in [9.17, 15) is 18.0 Å². The fourth-order valence-electron chi connectivity index (χ4n) is 3.85. The van der Waals surface area contributed by atoms with Crippen LogP contribution in [0.1, 0.15) is 29.3 Å². The number of halogens is 3. The number of amides is 1. The van der Waals surface area contributed by atoms with Crippen LogP contribution in [0.25, 0.3) is 0 Å². The number of anilines is 1. The first-order valence-electron chi connectivity index (χ1n) is 11.1. The quantitative estimate of drug-likeness (QED) is 0.434. The maximum Gasteiger partial charge on any atom is 0.433 e. The molecule has 0 fully saturated rings. The Morgan fingerprint density at radius 3 is 2.31 bits per heavy atom. The molecule has 0 radical (unpaired) electrons. The minimum Gasteiger partial charge on any atom is -0.493 e. The summed E-state index contributed by atoms with van der Waals surface area (Å²) in [5.41, 5.74) is 1.31. The molecule has 2 aromatic carbocycles. The lowest BCUT2D eigenvalue weighted by Crippen LogP contribution is -2.40. The van der Waals surface area contributed by atoms with E-state index in [1.54, 1.807) is 26.3 Å². The van der Waals surface area contributed by atoms with Gasteiger partial charge < -0.3 is 19.7 Å². The van der Waals surface area contributed by atoms with Crippen LogP contribution in [-0.2, 0) is 17.4 Å². The Bertz CT molecular complexity index is 1110. The molecule has 0 aliphatic rings.